The van der Waals surface area contributed by atoms with Crippen molar-refractivity contribution in [1.82, 2.24) is 25.0 Å². The van der Waals surface area contributed by atoms with E-state index in [9.17, 15) is 4.79 Å². The van der Waals surface area contributed by atoms with E-state index in [1.165, 1.54) is 6.33 Å². The molecule has 0 unspecified atom stereocenters. The molecule has 2 aromatic rings. The average molecular weight is 341 g/mol. The van der Waals surface area contributed by atoms with Crippen LogP contribution in [0.4, 0.5) is 0 Å². The van der Waals surface area contributed by atoms with Crippen LogP contribution in [0.5, 0.6) is 0 Å². The number of likely N-dealkylation sites (N-methyl/N-ethyl adjacent to an activating group) is 1. The van der Waals surface area contributed by atoms with Crippen molar-refractivity contribution in [2.45, 2.75) is 18.4 Å². The fraction of sp³-hybridized carbons (Fsp3) is 0.500. The van der Waals surface area contributed by atoms with Crippen LogP contribution >= 0.6 is 0 Å². The summed E-state index contributed by atoms with van der Waals surface area (Å²) in [7, 11) is 2.16. The minimum absolute atomic E-state index is 0.0351. The molecule has 1 N–H and O–H groups in total. The standard InChI is InChI=1S/C18H23N5O2/c1-22-8-9-23(12-18(22)6-10-25-11-7-18)17(24)15-5-3-2-4-14(15)16-19-13-20-21-16/h2-5,13H,6-12H2,1H3,(H,19,20,21). The maximum Gasteiger partial charge on any atom is 0.254 e. The number of nitrogens with zero attached hydrogens (tertiary/aromatic N) is 4. The third kappa shape index (κ3) is 2.94. The largest absolute Gasteiger partial charge is 0.381 e. The van der Waals surface area contributed by atoms with E-state index in [0.29, 0.717) is 11.4 Å². The smallest absolute Gasteiger partial charge is 0.254 e. The number of hydrogen-bond acceptors (Lipinski definition) is 5. The first kappa shape index (κ1) is 16.2. The number of H-pyrrole nitrogens is 1. The van der Waals surface area contributed by atoms with Crippen molar-refractivity contribution in [2.75, 3.05) is 39.9 Å². The van der Waals surface area contributed by atoms with Gasteiger partial charge in [0, 0.05) is 44.0 Å². The van der Waals surface area contributed by atoms with Crippen LogP contribution in [0.3, 0.4) is 0 Å². The van der Waals surface area contributed by atoms with Gasteiger partial charge in [-0.3, -0.25) is 14.8 Å². The van der Waals surface area contributed by atoms with E-state index in [1.54, 1.807) is 0 Å². The molecule has 2 fully saturated rings. The molecule has 0 saturated carbocycles. The molecule has 25 heavy (non-hydrogen) atoms. The Labute approximate surface area is 147 Å². The van der Waals surface area contributed by atoms with Gasteiger partial charge < -0.3 is 9.64 Å². The number of piperazine rings is 1. The summed E-state index contributed by atoms with van der Waals surface area (Å²) in [6, 6.07) is 7.59. The van der Waals surface area contributed by atoms with Gasteiger partial charge in [0.1, 0.15) is 6.33 Å². The molecule has 3 heterocycles. The zero-order valence-corrected chi connectivity index (χ0v) is 14.4. The number of ether oxygens (including phenoxy) is 1. The van der Waals surface area contributed by atoms with Crippen LogP contribution in [0, 0.1) is 0 Å². The molecule has 2 aliphatic heterocycles. The van der Waals surface area contributed by atoms with Crippen molar-refractivity contribution in [3.05, 3.63) is 36.2 Å². The molecule has 1 spiro atoms. The first-order valence-electron chi connectivity index (χ1n) is 8.73. The van der Waals surface area contributed by atoms with E-state index < -0.39 is 0 Å². The van der Waals surface area contributed by atoms with Gasteiger partial charge in [0.2, 0.25) is 0 Å². The molecule has 0 atom stereocenters. The number of hydrogen-bond donors (Lipinski definition) is 1. The zero-order valence-electron chi connectivity index (χ0n) is 14.4. The zero-order chi connectivity index (χ0) is 17.3. The van der Waals surface area contributed by atoms with Gasteiger partial charge in [-0.25, -0.2) is 4.98 Å². The summed E-state index contributed by atoms with van der Waals surface area (Å²) >= 11 is 0. The molecule has 1 aromatic carbocycles. The first-order chi connectivity index (χ1) is 12.2. The molecular weight excluding hydrogens is 318 g/mol. The molecule has 7 nitrogen and oxygen atoms in total. The lowest BCUT2D eigenvalue weighted by Gasteiger charge is -2.51. The third-order valence-corrected chi connectivity index (χ3v) is 5.54. The number of amides is 1. The number of carbonyl (C=O) groups excluding carboxylic acids is 1. The quantitative estimate of drug-likeness (QED) is 0.894. The highest BCUT2D eigenvalue weighted by Gasteiger charge is 2.42. The topological polar surface area (TPSA) is 74.4 Å². The van der Waals surface area contributed by atoms with Crippen molar-refractivity contribution in [3.8, 4) is 11.4 Å². The predicted octanol–water partition coefficient (Wildman–Crippen LogP) is 1.41. The van der Waals surface area contributed by atoms with Gasteiger partial charge in [0.15, 0.2) is 5.82 Å². The van der Waals surface area contributed by atoms with Crippen LogP contribution in [0.1, 0.15) is 23.2 Å². The molecule has 0 bridgehead atoms. The molecule has 2 saturated heterocycles. The van der Waals surface area contributed by atoms with Gasteiger partial charge in [-0.2, -0.15) is 5.10 Å². The van der Waals surface area contributed by atoms with Crippen LogP contribution in [-0.2, 0) is 4.74 Å². The summed E-state index contributed by atoms with van der Waals surface area (Å²) in [5, 5.41) is 6.77. The molecule has 1 amide bonds. The van der Waals surface area contributed by atoms with E-state index in [-0.39, 0.29) is 11.4 Å². The summed E-state index contributed by atoms with van der Waals surface area (Å²) in [5.41, 5.74) is 1.50. The Kier molecular flexibility index (Phi) is 4.27. The van der Waals surface area contributed by atoms with E-state index in [2.05, 4.69) is 27.1 Å². The highest BCUT2D eigenvalue weighted by atomic mass is 16.5. The number of carbonyl (C=O) groups is 1. The van der Waals surface area contributed by atoms with Gasteiger partial charge in [0.25, 0.3) is 5.91 Å². The highest BCUT2D eigenvalue weighted by Crippen LogP contribution is 2.32. The predicted molar refractivity (Wildman–Crippen MR) is 93.1 cm³/mol. The summed E-state index contributed by atoms with van der Waals surface area (Å²) < 4.78 is 5.54. The van der Waals surface area contributed by atoms with Crippen LogP contribution < -0.4 is 0 Å². The molecule has 0 aliphatic carbocycles. The number of benzene rings is 1. The lowest BCUT2D eigenvalue weighted by atomic mass is 9.85. The SMILES string of the molecule is CN1CCN(C(=O)c2ccccc2-c2ncn[nH]2)CC12CCOCC2. The average Bonchev–Trinajstić information content (AvgIpc) is 3.19. The number of aromatic nitrogens is 3. The molecule has 4 rings (SSSR count). The first-order valence-corrected chi connectivity index (χ1v) is 8.73. The Morgan fingerprint density at radius 3 is 2.80 bits per heavy atom. The van der Waals surface area contributed by atoms with Crippen molar-refractivity contribution in [2.24, 2.45) is 0 Å². The van der Waals surface area contributed by atoms with Crippen LogP contribution in [0.25, 0.3) is 11.4 Å². The van der Waals surface area contributed by atoms with Crippen molar-refractivity contribution >= 4 is 5.91 Å². The fourth-order valence-corrected chi connectivity index (χ4v) is 3.91. The minimum Gasteiger partial charge on any atom is -0.381 e. The fourth-order valence-electron chi connectivity index (χ4n) is 3.91. The summed E-state index contributed by atoms with van der Waals surface area (Å²) in [6.07, 6.45) is 3.40. The van der Waals surface area contributed by atoms with E-state index in [0.717, 1.165) is 51.3 Å². The maximum absolute atomic E-state index is 13.3. The molecule has 7 heteroatoms. The minimum atomic E-state index is 0.0351. The van der Waals surface area contributed by atoms with Crippen molar-refractivity contribution in [3.63, 3.8) is 0 Å². The monoisotopic (exact) mass is 341 g/mol. The second-order valence-electron chi connectivity index (χ2n) is 6.86. The van der Waals surface area contributed by atoms with E-state index >= 15 is 0 Å². The molecule has 0 radical (unpaired) electrons. The summed E-state index contributed by atoms with van der Waals surface area (Å²) in [5.74, 6) is 0.685. The van der Waals surface area contributed by atoms with Gasteiger partial charge in [-0.1, -0.05) is 18.2 Å². The lowest BCUT2D eigenvalue weighted by Crippen LogP contribution is -2.63. The van der Waals surface area contributed by atoms with Crippen molar-refractivity contribution < 1.29 is 9.53 Å². The second-order valence-corrected chi connectivity index (χ2v) is 6.86. The van der Waals surface area contributed by atoms with Crippen LogP contribution in [0.2, 0.25) is 0 Å². The van der Waals surface area contributed by atoms with Gasteiger partial charge in [0.05, 0.1) is 5.56 Å². The Bertz CT molecular complexity index is 740. The number of aromatic amines is 1. The van der Waals surface area contributed by atoms with Gasteiger partial charge in [-0.15, -0.1) is 0 Å². The summed E-state index contributed by atoms with van der Waals surface area (Å²) in [4.78, 5) is 21.9. The van der Waals surface area contributed by atoms with Crippen LogP contribution in [-0.4, -0.2) is 76.3 Å². The van der Waals surface area contributed by atoms with Crippen LogP contribution in [0.15, 0.2) is 30.6 Å². The third-order valence-electron chi connectivity index (χ3n) is 5.54. The number of nitrogens with one attached hydrogen (secondary N) is 1. The Morgan fingerprint density at radius 2 is 2.04 bits per heavy atom. The lowest BCUT2D eigenvalue weighted by molar-refractivity contribution is -0.0543. The second kappa shape index (κ2) is 6.57. The van der Waals surface area contributed by atoms with Crippen molar-refractivity contribution in [1.29, 1.82) is 0 Å². The van der Waals surface area contributed by atoms with E-state index in [4.69, 9.17) is 4.74 Å². The Balaban J connectivity index is 1.61. The summed E-state index contributed by atoms with van der Waals surface area (Å²) in [6.45, 7) is 3.90. The van der Waals surface area contributed by atoms with E-state index in [1.807, 2.05) is 29.2 Å². The highest BCUT2D eigenvalue weighted by molar-refractivity contribution is 6.00. The molecule has 132 valence electrons. The molecule has 2 aliphatic rings. The van der Waals surface area contributed by atoms with Gasteiger partial charge in [-0.05, 0) is 26.0 Å². The number of rotatable bonds is 2. The maximum atomic E-state index is 13.3. The van der Waals surface area contributed by atoms with Gasteiger partial charge >= 0.3 is 0 Å². The molecular formula is C18H23N5O2. The normalized spacial score (nSPS) is 20.8. The Morgan fingerprint density at radius 1 is 1.24 bits per heavy atom. The molecule has 1 aromatic heterocycles. The Hall–Kier alpha value is -2.25.